The van der Waals surface area contributed by atoms with Gasteiger partial charge < -0.3 is 4.74 Å². The van der Waals surface area contributed by atoms with Crippen LogP contribution >= 0.6 is 27.5 Å². The van der Waals surface area contributed by atoms with Crippen LogP contribution in [-0.2, 0) is 20.4 Å². The summed E-state index contributed by atoms with van der Waals surface area (Å²) in [4.78, 5) is 28.2. The number of anilines is 2. The molecular weight excluding hydrogens is 521 g/mol. The zero-order chi connectivity index (χ0) is 24.4. The van der Waals surface area contributed by atoms with Crippen molar-refractivity contribution in [2.75, 3.05) is 12.0 Å². The molecule has 1 aliphatic carbocycles. The number of hydrogen-bond donors (Lipinski definition) is 0. The Hall–Kier alpha value is -2.70. The van der Waals surface area contributed by atoms with E-state index in [4.69, 9.17) is 16.3 Å². The van der Waals surface area contributed by atoms with Crippen LogP contribution in [0.3, 0.4) is 0 Å². The number of benzene rings is 3. The Labute approximate surface area is 210 Å². The standard InChI is InChI=1S/C27H22BrClFNO3/c1-15(2)26(17-4-6-19(29)7-5-17)14-27(26)22-13-20(30)8-9-23(22)31(25(27)33)21-11-16(24(32)34-3)10-18(28)12-21/h4-13,15H,14H2,1-3H3/t26-,27-/m0/s1. The molecule has 0 aromatic heterocycles. The van der Waals surface area contributed by atoms with Gasteiger partial charge >= 0.3 is 5.97 Å². The molecule has 7 heteroatoms. The van der Waals surface area contributed by atoms with E-state index >= 15 is 0 Å². The van der Waals surface area contributed by atoms with E-state index in [0.717, 1.165) is 5.56 Å². The Morgan fingerprint density at radius 1 is 1.12 bits per heavy atom. The van der Waals surface area contributed by atoms with E-state index in [-0.39, 0.29) is 11.8 Å². The highest BCUT2D eigenvalue weighted by atomic mass is 79.9. The number of methoxy groups -OCH3 is 1. The van der Waals surface area contributed by atoms with Crippen LogP contribution in [0.5, 0.6) is 0 Å². The van der Waals surface area contributed by atoms with Gasteiger partial charge in [-0.15, -0.1) is 0 Å². The SMILES string of the molecule is COC(=O)c1cc(Br)cc(N2C(=O)[C@]3(C[C@@]3(c3ccc(Cl)cc3)C(C)C)c3cc(F)ccc32)c1. The Balaban J connectivity index is 1.72. The predicted molar refractivity (Wildman–Crippen MR) is 133 cm³/mol. The minimum atomic E-state index is -0.916. The fourth-order valence-electron chi connectivity index (χ4n) is 5.76. The van der Waals surface area contributed by atoms with E-state index in [0.29, 0.717) is 38.4 Å². The van der Waals surface area contributed by atoms with Crippen molar-refractivity contribution in [2.24, 2.45) is 5.92 Å². The molecule has 1 fully saturated rings. The number of rotatable bonds is 4. The van der Waals surface area contributed by atoms with Crippen LogP contribution in [0, 0.1) is 11.7 Å². The van der Waals surface area contributed by atoms with Crippen molar-refractivity contribution in [1.29, 1.82) is 0 Å². The average Bonchev–Trinajstić information content (AvgIpc) is 3.46. The number of ether oxygens (including phenoxy) is 1. The predicted octanol–water partition coefficient (Wildman–Crippen LogP) is 6.94. The normalized spacial score (nSPS) is 22.9. The van der Waals surface area contributed by atoms with Gasteiger partial charge in [-0.05, 0) is 72.0 Å². The first-order valence-electron chi connectivity index (χ1n) is 11.0. The third kappa shape index (κ3) is 3.08. The molecule has 2 aliphatic rings. The summed E-state index contributed by atoms with van der Waals surface area (Å²) in [6.07, 6.45) is 0.558. The highest BCUT2D eigenvalue weighted by molar-refractivity contribution is 9.10. The van der Waals surface area contributed by atoms with Crippen LogP contribution in [0.4, 0.5) is 15.8 Å². The van der Waals surface area contributed by atoms with Crippen LogP contribution in [0.1, 0.15) is 41.8 Å². The Morgan fingerprint density at radius 2 is 1.82 bits per heavy atom. The lowest BCUT2D eigenvalue weighted by atomic mass is 9.75. The Bertz CT molecular complexity index is 1340. The molecule has 3 aromatic rings. The van der Waals surface area contributed by atoms with Gasteiger partial charge in [-0.2, -0.15) is 0 Å². The molecule has 1 aliphatic heterocycles. The molecule has 2 atom stereocenters. The van der Waals surface area contributed by atoms with Crippen LogP contribution in [0.2, 0.25) is 5.02 Å². The summed E-state index contributed by atoms with van der Waals surface area (Å²) in [5.41, 5.74) is 1.70. The van der Waals surface area contributed by atoms with Gasteiger partial charge in [0.1, 0.15) is 5.82 Å². The molecule has 1 amide bonds. The number of carbonyl (C=O) groups is 2. The zero-order valence-electron chi connectivity index (χ0n) is 18.9. The van der Waals surface area contributed by atoms with Crippen LogP contribution < -0.4 is 4.90 Å². The van der Waals surface area contributed by atoms with Gasteiger partial charge in [0, 0.05) is 14.9 Å². The van der Waals surface area contributed by atoms with Gasteiger partial charge in [0.15, 0.2) is 0 Å². The smallest absolute Gasteiger partial charge is 0.337 e. The summed E-state index contributed by atoms with van der Waals surface area (Å²) in [6, 6.07) is 17.1. The summed E-state index contributed by atoms with van der Waals surface area (Å²) in [6.45, 7) is 4.18. The van der Waals surface area contributed by atoms with Crippen molar-refractivity contribution in [3.05, 3.63) is 92.7 Å². The fraction of sp³-hybridized carbons (Fsp3) is 0.259. The second-order valence-electron chi connectivity index (χ2n) is 9.21. The lowest BCUT2D eigenvalue weighted by Gasteiger charge is -2.27. The minimum absolute atomic E-state index is 0.0989. The molecule has 3 aromatic carbocycles. The van der Waals surface area contributed by atoms with Gasteiger partial charge in [-0.3, -0.25) is 9.69 Å². The van der Waals surface area contributed by atoms with Crippen LogP contribution in [0.25, 0.3) is 0 Å². The summed E-state index contributed by atoms with van der Waals surface area (Å²) < 4.78 is 20.1. The quantitative estimate of drug-likeness (QED) is 0.336. The lowest BCUT2D eigenvalue weighted by molar-refractivity contribution is -0.120. The Kier molecular flexibility index (Phi) is 5.37. The summed E-state index contributed by atoms with van der Waals surface area (Å²) >= 11 is 9.59. The molecule has 0 bridgehead atoms. The highest BCUT2D eigenvalue weighted by Crippen LogP contribution is 2.73. The summed E-state index contributed by atoms with van der Waals surface area (Å²) in [5.74, 6) is -0.933. The molecule has 0 N–H and O–H groups in total. The molecule has 174 valence electrons. The number of esters is 1. The number of amides is 1. The lowest BCUT2D eigenvalue weighted by Crippen LogP contribution is -2.36. The highest BCUT2D eigenvalue weighted by Gasteiger charge is 2.78. The van der Waals surface area contributed by atoms with Gasteiger partial charge in [0.2, 0.25) is 5.91 Å². The van der Waals surface area contributed by atoms with E-state index in [1.54, 1.807) is 29.2 Å². The number of nitrogens with zero attached hydrogens (tertiary/aromatic N) is 1. The summed E-state index contributed by atoms with van der Waals surface area (Å²) in [5, 5.41) is 0.618. The van der Waals surface area contributed by atoms with Gasteiger partial charge in [0.05, 0.1) is 29.5 Å². The topological polar surface area (TPSA) is 46.6 Å². The van der Waals surface area contributed by atoms with E-state index in [1.165, 1.54) is 19.2 Å². The number of halogens is 3. The minimum Gasteiger partial charge on any atom is -0.465 e. The van der Waals surface area contributed by atoms with E-state index in [1.807, 2.05) is 24.3 Å². The van der Waals surface area contributed by atoms with Crippen molar-refractivity contribution in [2.45, 2.75) is 31.1 Å². The molecule has 0 radical (unpaired) electrons. The maximum atomic E-state index is 14.6. The number of fused-ring (bicyclic) bond motifs is 2. The van der Waals surface area contributed by atoms with Crippen LogP contribution in [0.15, 0.2) is 65.1 Å². The molecule has 34 heavy (non-hydrogen) atoms. The third-order valence-corrected chi connectivity index (χ3v) is 8.02. The van der Waals surface area contributed by atoms with Crippen molar-refractivity contribution >= 4 is 50.8 Å². The second-order valence-corrected chi connectivity index (χ2v) is 10.6. The van der Waals surface area contributed by atoms with E-state index in [9.17, 15) is 14.0 Å². The molecular formula is C27H22BrClFNO3. The average molecular weight is 543 g/mol. The van der Waals surface area contributed by atoms with Crippen LogP contribution in [-0.4, -0.2) is 19.0 Å². The first kappa shape index (κ1) is 23.1. The molecule has 5 rings (SSSR count). The second kappa shape index (κ2) is 7.92. The molecule has 1 heterocycles. The van der Waals surface area contributed by atoms with Gasteiger partial charge in [0.25, 0.3) is 0 Å². The molecule has 1 saturated carbocycles. The number of hydrogen-bond acceptors (Lipinski definition) is 3. The number of carbonyl (C=O) groups excluding carboxylic acids is 2. The molecule has 0 unspecified atom stereocenters. The first-order valence-corrected chi connectivity index (χ1v) is 12.1. The van der Waals surface area contributed by atoms with E-state index < -0.39 is 22.6 Å². The van der Waals surface area contributed by atoms with Crippen molar-refractivity contribution in [3.8, 4) is 0 Å². The third-order valence-electron chi connectivity index (χ3n) is 7.31. The monoisotopic (exact) mass is 541 g/mol. The first-order chi connectivity index (χ1) is 16.2. The van der Waals surface area contributed by atoms with Gasteiger partial charge in [-0.1, -0.05) is 53.5 Å². The zero-order valence-corrected chi connectivity index (χ0v) is 21.2. The van der Waals surface area contributed by atoms with Crippen molar-refractivity contribution in [3.63, 3.8) is 0 Å². The van der Waals surface area contributed by atoms with Gasteiger partial charge in [-0.25, -0.2) is 9.18 Å². The molecule has 1 spiro atoms. The Morgan fingerprint density at radius 3 is 2.47 bits per heavy atom. The maximum Gasteiger partial charge on any atom is 0.337 e. The van der Waals surface area contributed by atoms with E-state index in [2.05, 4.69) is 29.8 Å². The van der Waals surface area contributed by atoms with Crippen molar-refractivity contribution < 1.29 is 18.7 Å². The fourth-order valence-corrected chi connectivity index (χ4v) is 6.37. The summed E-state index contributed by atoms with van der Waals surface area (Å²) in [7, 11) is 1.31. The largest absolute Gasteiger partial charge is 0.465 e. The molecule has 4 nitrogen and oxygen atoms in total. The molecule has 0 saturated heterocycles. The maximum absolute atomic E-state index is 14.6. The van der Waals surface area contributed by atoms with Crippen molar-refractivity contribution in [1.82, 2.24) is 0 Å².